The second kappa shape index (κ2) is 7.11. The summed E-state index contributed by atoms with van der Waals surface area (Å²) in [6, 6.07) is 13.6. The number of para-hydroxylation sites is 1. The lowest BCUT2D eigenvalue weighted by molar-refractivity contribution is -0.116. The number of nitrogens with zero attached hydrogens (tertiary/aromatic N) is 1. The Hall–Kier alpha value is -1.91. The molecule has 0 aliphatic rings. The van der Waals surface area contributed by atoms with Crippen molar-refractivity contribution in [3.8, 4) is 10.6 Å². The van der Waals surface area contributed by atoms with Gasteiger partial charge in [-0.15, -0.1) is 11.3 Å². The number of nitrogens with one attached hydrogen (secondary N) is 1. The number of fused-ring (bicyclic) bond motifs is 1. The average Bonchev–Trinajstić information content (AvgIpc) is 2.96. The Kier molecular flexibility index (Phi) is 4.94. The van der Waals surface area contributed by atoms with Crippen LogP contribution in [0.1, 0.15) is 26.2 Å². The third-order valence-corrected chi connectivity index (χ3v) is 4.92. The van der Waals surface area contributed by atoms with Crippen LogP contribution in [-0.4, -0.2) is 10.9 Å². The Morgan fingerprint density at radius 1 is 1.26 bits per heavy atom. The highest BCUT2D eigenvalue weighted by Crippen LogP contribution is 2.35. The van der Waals surface area contributed by atoms with Crippen LogP contribution in [0.15, 0.2) is 42.5 Å². The molecule has 0 bridgehead atoms. The molecule has 3 nitrogen and oxygen atoms in total. The fraction of sp³-hybridized carbons (Fsp3) is 0.222. The Morgan fingerprint density at radius 3 is 2.83 bits per heavy atom. The fourth-order valence-electron chi connectivity index (χ4n) is 2.31. The van der Waals surface area contributed by atoms with Crippen LogP contribution in [0.4, 0.5) is 5.69 Å². The molecule has 0 aliphatic carbocycles. The highest BCUT2D eigenvalue weighted by molar-refractivity contribution is 7.21. The highest BCUT2D eigenvalue weighted by atomic mass is 35.5. The molecule has 0 unspecified atom stereocenters. The summed E-state index contributed by atoms with van der Waals surface area (Å²) in [6.45, 7) is 2.07. The zero-order chi connectivity index (χ0) is 16.2. The van der Waals surface area contributed by atoms with E-state index < -0.39 is 0 Å². The molecule has 0 atom stereocenters. The Labute approximate surface area is 144 Å². The van der Waals surface area contributed by atoms with Gasteiger partial charge in [-0.25, -0.2) is 4.98 Å². The third kappa shape index (κ3) is 3.71. The van der Waals surface area contributed by atoms with Crippen molar-refractivity contribution < 1.29 is 4.79 Å². The topological polar surface area (TPSA) is 42.0 Å². The number of halogens is 1. The second-order valence-corrected chi connectivity index (χ2v) is 6.77. The normalized spacial score (nSPS) is 10.9. The van der Waals surface area contributed by atoms with E-state index in [1.165, 1.54) is 0 Å². The van der Waals surface area contributed by atoms with Gasteiger partial charge in [0, 0.05) is 17.7 Å². The number of carbonyl (C=O) groups excluding carboxylic acids is 1. The summed E-state index contributed by atoms with van der Waals surface area (Å²) in [7, 11) is 0. The Bertz CT molecular complexity index is 811. The molecule has 2 aromatic carbocycles. The number of benzene rings is 2. The quantitative estimate of drug-likeness (QED) is 0.640. The largest absolute Gasteiger partial charge is 0.326 e. The van der Waals surface area contributed by atoms with Crippen molar-refractivity contribution >= 4 is 44.7 Å². The van der Waals surface area contributed by atoms with Crippen LogP contribution in [-0.2, 0) is 4.79 Å². The first-order chi connectivity index (χ1) is 11.2. The van der Waals surface area contributed by atoms with E-state index in [0.717, 1.165) is 39.3 Å². The SMILES string of the molecule is CCCCC(=O)Nc1ccc(-c2nc3ccccc3s2)c(Cl)c1. The lowest BCUT2D eigenvalue weighted by atomic mass is 10.2. The maximum Gasteiger partial charge on any atom is 0.224 e. The predicted octanol–water partition coefficient (Wildman–Crippen LogP) is 5.75. The molecule has 1 aromatic heterocycles. The first-order valence-electron chi connectivity index (χ1n) is 7.62. The van der Waals surface area contributed by atoms with Crippen molar-refractivity contribution in [3.63, 3.8) is 0 Å². The molecule has 0 fully saturated rings. The number of hydrogen-bond donors (Lipinski definition) is 1. The van der Waals surface area contributed by atoms with Crippen LogP contribution < -0.4 is 5.32 Å². The molecule has 3 rings (SSSR count). The van der Waals surface area contributed by atoms with Crippen LogP contribution >= 0.6 is 22.9 Å². The van der Waals surface area contributed by atoms with Gasteiger partial charge in [0.1, 0.15) is 5.01 Å². The molecular weight excluding hydrogens is 328 g/mol. The minimum atomic E-state index is 0.0238. The molecule has 3 aromatic rings. The average molecular weight is 345 g/mol. The maximum absolute atomic E-state index is 11.8. The zero-order valence-electron chi connectivity index (χ0n) is 12.8. The lowest BCUT2D eigenvalue weighted by Gasteiger charge is -2.07. The number of unbranched alkanes of at least 4 members (excludes halogenated alkanes) is 1. The number of amides is 1. The molecule has 23 heavy (non-hydrogen) atoms. The van der Waals surface area contributed by atoms with E-state index in [2.05, 4.69) is 17.2 Å². The molecule has 1 heterocycles. The van der Waals surface area contributed by atoms with Crippen molar-refractivity contribution in [2.75, 3.05) is 5.32 Å². The molecule has 0 spiro atoms. The Morgan fingerprint density at radius 2 is 2.09 bits per heavy atom. The molecule has 118 valence electrons. The summed E-state index contributed by atoms with van der Waals surface area (Å²) in [5.74, 6) is 0.0238. The molecule has 0 saturated carbocycles. The molecule has 1 N–H and O–H groups in total. The van der Waals surface area contributed by atoms with Gasteiger partial charge in [0.15, 0.2) is 0 Å². The van der Waals surface area contributed by atoms with Crippen LogP contribution in [0.2, 0.25) is 5.02 Å². The summed E-state index contributed by atoms with van der Waals surface area (Å²) in [5, 5.41) is 4.37. The molecule has 5 heteroatoms. The van der Waals surface area contributed by atoms with E-state index >= 15 is 0 Å². The number of hydrogen-bond acceptors (Lipinski definition) is 3. The van der Waals surface area contributed by atoms with Gasteiger partial charge in [-0.2, -0.15) is 0 Å². The molecular formula is C18H17ClN2OS. The smallest absolute Gasteiger partial charge is 0.224 e. The van der Waals surface area contributed by atoms with E-state index in [1.807, 2.05) is 36.4 Å². The highest BCUT2D eigenvalue weighted by Gasteiger charge is 2.11. The predicted molar refractivity (Wildman–Crippen MR) is 98.2 cm³/mol. The molecule has 0 saturated heterocycles. The maximum atomic E-state index is 11.8. The van der Waals surface area contributed by atoms with Crippen LogP contribution in [0.25, 0.3) is 20.8 Å². The van der Waals surface area contributed by atoms with E-state index in [1.54, 1.807) is 17.4 Å². The third-order valence-electron chi connectivity index (χ3n) is 3.53. The van der Waals surface area contributed by atoms with Crippen molar-refractivity contribution in [1.29, 1.82) is 0 Å². The number of anilines is 1. The molecule has 0 aliphatic heterocycles. The van der Waals surface area contributed by atoms with Gasteiger partial charge >= 0.3 is 0 Å². The first-order valence-corrected chi connectivity index (χ1v) is 8.82. The van der Waals surface area contributed by atoms with Crippen LogP contribution in [0.3, 0.4) is 0 Å². The molecule has 1 amide bonds. The minimum absolute atomic E-state index is 0.0238. The number of rotatable bonds is 5. The van der Waals surface area contributed by atoms with Gasteiger partial charge in [-0.1, -0.05) is 37.1 Å². The second-order valence-electron chi connectivity index (χ2n) is 5.33. The van der Waals surface area contributed by atoms with E-state index in [4.69, 9.17) is 11.6 Å². The van der Waals surface area contributed by atoms with Crippen LogP contribution in [0, 0.1) is 0 Å². The van der Waals surface area contributed by atoms with Crippen molar-refractivity contribution in [1.82, 2.24) is 4.98 Å². The van der Waals surface area contributed by atoms with Crippen molar-refractivity contribution in [2.45, 2.75) is 26.2 Å². The van der Waals surface area contributed by atoms with E-state index in [9.17, 15) is 4.79 Å². The van der Waals surface area contributed by atoms with Gasteiger partial charge in [-0.3, -0.25) is 4.79 Å². The lowest BCUT2D eigenvalue weighted by Crippen LogP contribution is -2.10. The summed E-state index contributed by atoms with van der Waals surface area (Å²) in [5.41, 5.74) is 2.58. The van der Waals surface area contributed by atoms with Crippen molar-refractivity contribution in [3.05, 3.63) is 47.5 Å². The Balaban J connectivity index is 1.83. The molecule has 0 radical (unpaired) electrons. The number of aromatic nitrogens is 1. The van der Waals surface area contributed by atoms with Crippen molar-refractivity contribution in [2.24, 2.45) is 0 Å². The fourth-order valence-corrected chi connectivity index (χ4v) is 3.65. The summed E-state index contributed by atoms with van der Waals surface area (Å²) in [6.07, 6.45) is 2.43. The van der Waals surface area contributed by atoms with E-state index in [0.29, 0.717) is 11.4 Å². The number of carbonyl (C=O) groups is 1. The summed E-state index contributed by atoms with van der Waals surface area (Å²) < 4.78 is 1.13. The van der Waals surface area contributed by atoms with Gasteiger partial charge in [0.2, 0.25) is 5.91 Å². The van der Waals surface area contributed by atoms with Crippen LogP contribution in [0.5, 0.6) is 0 Å². The summed E-state index contributed by atoms with van der Waals surface area (Å²) >= 11 is 8.01. The monoisotopic (exact) mass is 344 g/mol. The number of thiazole rings is 1. The summed E-state index contributed by atoms with van der Waals surface area (Å²) in [4.78, 5) is 16.4. The van der Waals surface area contributed by atoms with Gasteiger partial charge in [0.05, 0.1) is 15.2 Å². The first kappa shape index (κ1) is 16.0. The standard InChI is InChI=1S/C18H17ClN2OS/c1-2-3-8-17(22)20-12-9-10-13(14(19)11-12)18-21-15-6-4-5-7-16(15)23-18/h4-7,9-11H,2-3,8H2,1H3,(H,20,22). The van der Waals surface area contributed by atoms with E-state index in [-0.39, 0.29) is 5.91 Å². The zero-order valence-corrected chi connectivity index (χ0v) is 14.4. The minimum Gasteiger partial charge on any atom is -0.326 e. The van der Waals surface area contributed by atoms with Gasteiger partial charge < -0.3 is 5.32 Å². The van der Waals surface area contributed by atoms with Gasteiger partial charge in [-0.05, 0) is 36.8 Å². The van der Waals surface area contributed by atoms with Gasteiger partial charge in [0.25, 0.3) is 0 Å².